The lowest BCUT2D eigenvalue weighted by atomic mass is 10.1. The lowest BCUT2D eigenvalue weighted by molar-refractivity contribution is -0.122. The van der Waals surface area contributed by atoms with Gasteiger partial charge in [-0.25, -0.2) is 4.39 Å². The van der Waals surface area contributed by atoms with Crippen LogP contribution in [0.5, 0.6) is 0 Å². The second-order valence-corrected chi connectivity index (χ2v) is 8.49. The Morgan fingerprint density at radius 2 is 1.50 bits per heavy atom. The highest BCUT2D eigenvalue weighted by atomic mass is 32.2. The third kappa shape index (κ3) is 3.92. The van der Waals surface area contributed by atoms with Crippen molar-refractivity contribution >= 4 is 40.1 Å². The molecule has 32 heavy (non-hydrogen) atoms. The maximum atomic E-state index is 13.0. The number of benzene rings is 3. The van der Waals surface area contributed by atoms with Crippen LogP contribution in [0, 0.1) is 5.82 Å². The Labute approximate surface area is 187 Å². The van der Waals surface area contributed by atoms with Crippen LogP contribution in [0.3, 0.4) is 0 Å². The summed E-state index contributed by atoms with van der Waals surface area (Å²) in [5, 5.41) is 13.8. The standard InChI is InChI=1S/C24H17FN4O2S/c25-14-9-11-15(12-10-14)26-21(30)13-20-23(31)27-24(32-20)29-28-22-18-7-3-1-5-16(18)17-6-2-4-8-19(17)22/h1-12,20H,13H2,(H,26,30)(H,27,29,31). The molecular weight excluding hydrogens is 427 g/mol. The van der Waals surface area contributed by atoms with Gasteiger partial charge in [-0.1, -0.05) is 60.3 Å². The van der Waals surface area contributed by atoms with Crippen molar-refractivity contribution in [3.8, 4) is 11.1 Å². The maximum absolute atomic E-state index is 13.0. The van der Waals surface area contributed by atoms with Crippen LogP contribution < -0.4 is 10.6 Å². The number of carbonyl (C=O) groups excluding carboxylic acids is 2. The van der Waals surface area contributed by atoms with E-state index in [0.717, 1.165) is 28.0 Å². The molecule has 1 heterocycles. The van der Waals surface area contributed by atoms with Gasteiger partial charge in [-0.2, -0.15) is 0 Å². The Morgan fingerprint density at radius 1 is 0.906 bits per heavy atom. The Morgan fingerprint density at radius 3 is 2.12 bits per heavy atom. The van der Waals surface area contributed by atoms with E-state index in [2.05, 4.69) is 20.8 Å². The minimum atomic E-state index is -0.613. The van der Waals surface area contributed by atoms with E-state index in [-0.39, 0.29) is 24.1 Å². The number of anilines is 1. The highest BCUT2D eigenvalue weighted by Crippen LogP contribution is 2.36. The smallest absolute Gasteiger partial charge is 0.240 e. The second kappa shape index (κ2) is 8.39. The maximum Gasteiger partial charge on any atom is 0.240 e. The lowest BCUT2D eigenvalue weighted by Gasteiger charge is -2.07. The summed E-state index contributed by atoms with van der Waals surface area (Å²) >= 11 is 1.17. The van der Waals surface area contributed by atoms with Crippen LogP contribution in [0.2, 0.25) is 0 Å². The van der Waals surface area contributed by atoms with E-state index in [1.54, 1.807) is 0 Å². The summed E-state index contributed by atoms with van der Waals surface area (Å²) in [5.41, 5.74) is 5.39. The summed E-state index contributed by atoms with van der Waals surface area (Å²) < 4.78 is 13.0. The summed E-state index contributed by atoms with van der Waals surface area (Å²) in [6, 6.07) is 21.4. The van der Waals surface area contributed by atoms with Crippen molar-refractivity contribution in [2.24, 2.45) is 10.2 Å². The van der Waals surface area contributed by atoms with Gasteiger partial charge >= 0.3 is 0 Å². The van der Waals surface area contributed by atoms with E-state index < -0.39 is 5.25 Å². The van der Waals surface area contributed by atoms with E-state index in [4.69, 9.17) is 0 Å². The number of amidine groups is 1. The van der Waals surface area contributed by atoms with E-state index in [9.17, 15) is 14.0 Å². The summed E-state index contributed by atoms with van der Waals surface area (Å²) in [6.07, 6.45) is -0.0326. The van der Waals surface area contributed by atoms with Crippen LogP contribution in [0.1, 0.15) is 17.5 Å². The molecule has 6 nitrogen and oxygen atoms in total. The number of fused-ring (bicyclic) bond motifs is 3. The topological polar surface area (TPSA) is 82.9 Å². The van der Waals surface area contributed by atoms with Gasteiger partial charge in [0.2, 0.25) is 11.8 Å². The van der Waals surface area contributed by atoms with Gasteiger partial charge in [0.15, 0.2) is 5.17 Å². The Kier molecular flexibility index (Phi) is 5.28. The molecule has 0 saturated carbocycles. The van der Waals surface area contributed by atoms with Crippen molar-refractivity contribution in [1.82, 2.24) is 5.32 Å². The zero-order valence-electron chi connectivity index (χ0n) is 16.7. The van der Waals surface area contributed by atoms with E-state index >= 15 is 0 Å². The van der Waals surface area contributed by atoms with Crippen molar-refractivity contribution in [3.63, 3.8) is 0 Å². The van der Waals surface area contributed by atoms with Gasteiger partial charge in [-0.3, -0.25) is 9.59 Å². The van der Waals surface area contributed by atoms with E-state index in [1.807, 2.05) is 48.5 Å². The van der Waals surface area contributed by atoms with Gasteiger partial charge in [0, 0.05) is 23.2 Å². The first-order valence-corrected chi connectivity index (χ1v) is 10.8. The summed E-state index contributed by atoms with van der Waals surface area (Å²) in [4.78, 5) is 24.6. The zero-order chi connectivity index (χ0) is 22.1. The molecule has 0 radical (unpaired) electrons. The molecule has 0 bridgehead atoms. The number of nitrogens with one attached hydrogen (secondary N) is 2. The first kappa shape index (κ1) is 20.1. The van der Waals surface area contributed by atoms with E-state index in [0.29, 0.717) is 10.9 Å². The number of hydrogen-bond donors (Lipinski definition) is 2. The first-order valence-electron chi connectivity index (χ1n) is 9.96. The number of thioether (sulfide) groups is 1. The number of carbonyl (C=O) groups is 2. The van der Waals surface area contributed by atoms with Crippen LogP contribution in [0.15, 0.2) is 83.0 Å². The molecule has 1 saturated heterocycles. The SMILES string of the molecule is O=C(CC1S/C(=N/N=C2c3ccccc3-c3ccccc32)NC1=O)Nc1ccc(F)cc1. The van der Waals surface area contributed by atoms with Gasteiger partial charge in [-0.15, -0.1) is 10.2 Å². The normalized spacial score (nSPS) is 17.7. The van der Waals surface area contributed by atoms with Crippen molar-refractivity contribution < 1.29 is 14.0 Å². The fourth-order valence-electron chi connectivity index (χ4n) is 3.70. The number of amides is 2. The van der Waals surface area contributed by atoms with Gasteiger partial charge in [0.1, 0.15) is 16.8 Å². The molecule has 1 unspecified atom stereocenters. The number of nitrogens with zero attached hydrogens (tertiary/aromatic N) is 2. The number of halogens is 1. The third-order valence-corrected chi connectivity index (χ3v) is 6.24. The van der Waals surface area contributed by atoms with Gasteiger partial charge in [0.25, 0.3) is 0 Å². The summed E-state index contributed by atoms with van der Waals surface area (Å²) in [6.45, 7) is 0. The molecule has 0 aromatic heterocycles. The average molecular weight is 444 g/mol. The Hall–Kier alpha value is -3.78. The molecule has 1 fully saturated rings. The van der Waals surface area contributed by atoms with E-state index in [1.165, 1.54) is 36.0 Å². The quantitative estimate of drug-likeness (QED) is 0.464. The largest absolute Gasteiger partial charge is 0.326 e. The summed E-state index contributed by atoms with van der Waals surface area (Å²) in [5.74, 6) is -1.02. The zero-order valence-corrected chi connectivity index (χ0v) is 17.5. The molecule has 3 aromatic rings. The molecule has 0 spiro atoms. The number of rotatable bonds is 4. The van der Waals surface area contributed by atoms with Crippen LogP contribution in [-0.4, -0.2) is 27.9 Å². The molecule has 1 atom stereocenters. The van der Waals surface area contributed by atoms with Crippen molar-refractivity contribution in [2.45, 2.75) is 11.7 Å². The Balaban J connectivity index is 1.31. The van der Waals surface area contributed by atoms with Gasteiger partial charge in [0.05, 0.1) is 0 Å². The van der Waals surface area contributed by atoms with Gasteiger partial charge in [-0.05, 0) is 35.4 Å². The highest BCUT2D eigenvalue weighted by Gasteiger charge is 2.32. The Bertz CT molecular complexity index is 1240. The minimum Gasteiger partial charge on any atom is -0.326 e. The lowest BCUT2D eigenvalue weighted by Crippen LogP contribution is -2.28. The fraction of sp³-hybridized carbons (Fsp3) is 0.0833. The van der Waals surface area contributed by atoms with Crippen molar-refractivity contribution in [2.75, 3.05) is 5.32 Å². The summed E-state index contributed by atoms with van der Waals surface area (Å²) in [7, 11) is 0. The van der Waals surface area contributed by atoms with Crippen LogP contribution in [-0.2, 0) is 9.59 Å². The highest BCUT2D eigenvalue weighted by molar-refractivity contribution is 8.15. The molecule has 1 aliphatic carbocycles. The molecule has 2 amide bonds. The fourth-order valence-corrected chi connectivity index (χ4v) is 4.62. The molecule has 5 rings (SSSR count). The molecule has 2 N–H and O–H groups in total. The molecule has 1 aliphatic heterocycles. The second-order valence-electron chi connectivity index (χ2n) is 7.30. The molecule has 8 heteroatoms. The third-order valence-electron chi connectivity index (χ3n) is 5.17. The predicted molar refractivity (Wildman–Crippen MR) is 124 cm³/mol. The monoisotopic (exact) mass is 444 g/mol. The molecular formula is C24H17FN4O2S. The van der Waals surface area contributed by atoms with Crippen LogP contribution in [0.25, 0.3) is 11.1 Å². The average Bonchev–Trinajstić information content (AvgIpc) is 3.31. The van der Waals surface area contributed by atoms with Crippen molar-refractivity contribution in [1.29, 1.82) is 0 Å². The first-order chi connectivity index (χ1) is 15.6. The minimum absolute atomic E-state index is 0.0326. The predicted octanol–water partition coefficient (Wildman–Crippen LogP) is 4.17. The van der Waals surface area contributed by atoms with Crippen LogP contribution >= 0.6 is 11.8 Å². The molecule has 3 aromatic carbocycles. The van der Waals surface area contributed by atoms with Gasteiger partial charge < -0.3 is 10.6 Å². The molecule has 158 valence electrons. The van der Waals surface area contributed by atoms with Crippen LogP contribution in [0.4, 0.5) is 10.1 Å². The number of hydrogen-bond acceptors (Lipinski definition) is 5. The van der Waals surface area contributed by atoms with Crippen molar-refractivity contribution in [3.05, 3.63) is 89.7 Å². The molecule has 2 aliphatic rings.